The van der Waals surface area contributed by atoms with Gasteiger partial charge in [0.1, 0.15) is 6.61 Å². The predicted octanol–water partition coefficient (Wildman–Crippen LogP) is -0.210. The molecule has 19 heavy (non-hydrogen) atoms. The molecule has 1 aromatic heterocycles. The lowest BCUT2D eigenvalue weighted by Gasteiger charge is -2.10. The molecule has 1 heterocycles. The number of esters is 1. The van der Waals surface area contributed by atoms with Crippen molar-refractivity contribution in [3.05, 3.63) is 11.1 Å². The minimum absolute atomic E-state index is 0.0954. The highest BCUT2D eigenvalue weighted by Crippen LogP contribution is 2.19. The Morgan fingerprint density at radius 2 is 2.37 bits per heavy atom. The molecule has 0 aliphatic heterocycles. The van der Waals surface area contributed by atoms with Crippen LogP contribution in [-0.4, -0.2) is 43.4 Å². The number of anilines is 1. The van der Waals surface area contributed by atoms with Crippen molar-refractivity contribution in [1.29, 1.82) is 0 Å². The molecule has 1 atom stereocenters. The number of aliphatic hydroxyl groups is 1. The summed E-state index contributed by atoms with van der Waals surface area (Å²) in [5.74, 6) is 4.15. The van der Waals surface area contributed by atoms with Crippen LogP contribution in [0.3, 0.4) is 0 Å². The summed E-state index contributed by atoms with van der Waals surface area (Å²) in [7, 11) is -2.79. The van der Waals surface area contributed by atoms with Crippen LogP contribution in [0.15, 0.2) is 6.20 Å². The first-order valence-electron chi connectivity index (χ1n) is 5.05. The van der Waals surface area contributed by atoms with Crippen LogP contribution in [0.5, 0.6) is 0 Å². The van der Waals surface area contributed by atoms with Crippen LogP contribution >= 0.6 is 11.3 Å². The van der Waals surface area contributed by atoms with E-state index < -0.39 is 21.2 Å². The first-order valence-corrected chi connectivity index (χ1v) is 7.42. The number of hydrogen-bond donors (Lipinski definition) is 2. The van der Waals surface area contributed by atoms with Crippen molar-refractivity contribution in [2.75, 3.05) is 18.4 Å². The summed E-state index contributed by atoms with van der Waals surface area (Å²) in [5, 5.41) is 7.29. The van der Waals surface area contributed by atoms with Gasteiger partial charge in [0.05, 0.1) is 18.2 Å². The number of rotatable bonds is 4. The Morgan fingerprint density at radius 1 is 1.68 bits per heavy atom. The molecule has 2 N–H and O–H groups in total. The van der Waals surface area contributed by atoms with Crippen molar-refractivity contribution in [3.63, 3.8) is 0 Å². The number of sulfonamides is 1. The smallest absolute Gasteiger partial charge is 0.325 e. The van der Waals surface area contributed by atoms with Crippen LogP contribution in [0.25, 0.3) is 0 Å². The molecule has 104 valence electrons. The lowest BCUT2D eigenvalue weighted by Crippen LogP contribution is -2.33. The largest absolute Gasteiger partial charge is 0.468 e. The highest BCUT2D eigenvalue weighted by atomic mass is 32.2. The van der Waals surface area contributed by atoms with Gasteiger partial charge in [0.2, 0.25) is 10.0 Å². The third-order valence-electron chi connectivity index (χ3n) is 2.02. The fraction of sp³-hybridized carbons (Fsp3) is 0.400. The van der Waals surface area contributed by atoms with Crippen LogP contribution < -0.4 is 4.72 Å². The zero-order valence-electron chi connectivity index (χ0n) is 10.2. The minimum atomic E-state index is -3.91. The Bertz CT molecular complexity index is 611. The lowest BCUT2D eigenvalue weighted by molar-refractivity contribution is -0.139. The fourth-order valence-electron chi connectivity index (χ4n) is 1.01. The zero-order valence-corrected chi connectivity index (χ0v) is 11.8. The van der Waals surface area contributed by atoms with E-state index >= 15 is 0 Å². The van der Waals surface area contributed by atoms with Crippen LogP contribution in [-0.2, 0) is 19.6 Å². The topological polar surface area (TPSA) is 106 Å². The molecular formula is C10H12N2O5S2. The normalized spacial score (nSPS) is 12.2. The van der Waals surface area contributed by atoms with Gasteiger partial charge in [0.15, 0.2) is 10.4 Å². The van der Waals surface area contributed by atoms with Gasteiger partial charge in [-0.25, -0.2) is 13.4 Å². The quantitative estimate of drug-likeness (QED) is 0.589. The van der Waals surface area contributed by atoms with E-state index in [2.05, 4.69) is 26.3 Å². The van der Waals surface area contributed by atoms with Gasteiger partial charge < -0.3 is 9.84 Å². The third-order valence-corrected chi connectivity index (χ3v) is 4.58. The molecule has 0 saturated carbocycles. The van der Waals surface area contributed by atoms with Crippen molar-refractivity contribution in [1.82, 2.24) is 4.98 Å². The Hall–Kier alpha value is -1.63. The third kappa shape index (κ3) is 4.20. The van der Waals surface area contributed by atoms with Crippen LogP contribution in [0, 0.1) is 11.8 Å². The highest BCUT2D eigenvalue weighted by Gasteiger charge is 2.29. The maximum absolute atomic E-state index is 11.8. The van der Waals surface area contributed by atoms with E-state index in [1.54, 1.807) is 0 Å². The number of hydrogen-bond acceptors (Lipinski definition) is 7. The van der Waals surface area contributed by atoms with Crippen molar-refractivity contribution in [2.24, 2.45) is 0 Å². The summed E-state index contributed by atoms with van der Waals surface area (Å²) in [6, 6.07) is 0. The number of methoxy groups -OCH3 is 1. The lowest BCUT2D eigenvalue weighted by atomic mass is 10.5. The van der Waals surface area contributed by atoms with E-state index in [1.807, 2.05) is 0 Å². The maximum Gasteiger partial charge on any atom is 0.325 e. The average Bonchev–Trinajstić information content (AvgIpc) is 2.81. The molecule has 7 nitrogen and oxygen atoms in total. The molecule has 1 rings (SSSR count). The number of aromatic nitrogens is 1. The van der Waals surface area contributed by atoms with Crippen molar-refractivity contribution >= 4 is 32.5 Å². The van der Waals surface area contributed by atoms with Crippen LogP contribution in [0.2, 0.25) is 0 Å². The molecule has 0 aromatic carbocycles. The highest BCUT2D eigenvalue weighted by molar-refractivity contribution is 7.94. The van der Waals surface area contributed by atoms with E-state index in [4.69, 9.17) is 5.11 Å². The number of ether oxygens (including phenoxy) is 1. The van der Waals surface area contributed by atoms with E-state index in [9.17, 15) is 13.2 Å². The van der Waals surface area contributed by atoms with Gasteiger partial charge in [-0.05, 0) is 6.92 Å². The monoisotopic (exact) mass is 304 g/mol. The molecule has 0 spiro atoms. The summed E-state index contributed by atoms with van der Waals surface area (Å²) < 4.78 is 30.2. The number of nitrogens with zero attached hydrogens (tertiary/aromatic N) is 1. The van der Waals surface area contributed by atoms with Gasteiger partial charge in [-0.2, -0.15) is 0 Å². The molecule has 0 saturated heterocycles. The molecule has 1 unspecified atom stereocenters. The number of aliphatic hydroxyl groups excluding tert-OH is 1. The fourth-order valence-corrected chi connectivity index (χ4v) is 2.89. The minimum Gasteiger partial charge on any atom is -0.468 e. The second kappa shape index (κ2) is 6.51. The summed E-state index contributed by atoms with van der Waals surface area (Å²) in [4.78, 5) is 15.5. The summed E-state index contributed by atoms with van der Waals surface area (Å²) in [6.45, 7) is 0.923. The Kier molecular flexibility index (Phi) is 5.29. The Morgan fingerprint density at radius 3 is 2.95 bits per heavy atom. The summed E-state index contributed by atoms with van der Waals surface area (Å²) in [5.41, 5.74) is 0. The Balaban J connectivity index is 2.84. The van der Waals surface area contributed by atoms with Crippen LogP contribution in [0.1, 0.15) is 11.8 Å². The SMILES string of the molecule is COC(=O)C(C)S(=O)(=O)Nc1ncc(C#CCO)s1. The summed E-state index contributed by atoms with van der Waals surface area (Å²) >= 11 is 0.998. The van der Waals surface area contributed by atoms with E-state index in [0.29, 0.717) is 4.88 Å². The molecule has 0 radical (unpaired) electrons. The average molecular weight is 304 g/mol. The predicted molar refractivity (Wildman–Crippen MR) is 70.1 cm³/mol. The molecule has 1 aromatic rings. The Labute approximate surface area is 114 Å². The van der Waals surface area contributed by atoms with Gasteiger partial charge >= 0.3 is 5.97 Å². The second-order valence-corrected chi connectivity index (χ2v) is 6.33. The molecule has 0 bridgehead atoms. The first-order chi connectivity index (χ1) is 8.90. The molecule has 0 fully saturated rings. The van der Waals surface area contributed by atoms with Gasteiger partial charge in [-0.3, -0.25) is 9.52 Å². The summed E-state index contributed by atoms with van der Waals surface area (Å²) in [6.07, 6.45) is 1.37. The maximum atomic E-state index is 11.8. The molecular weight excluding hydrogens is 292 g/mol. The van der Waals surface area contributed by atoms with Crippen molar-refractivity contribution in [3.8, 4) is 11.8 Å². The van der Waals surface area contributed by atoms with Gasteiger partial charge in [-0.15, -0.1) is 0 Å². The van der Waals surface area contributed by atoms with Gasteiger partial charge in [-0.1, -0.05) is 23.2 Å². The molecule has 0 amide bonds. The van der Waals surface area contributed by atoms with Gasteiger partial charge in [0, 0.05) is 0 Å². The second-order valence-electron chi connectivity index (χ2n) is 3.30. The molecule has 0 aliphatic rings. The number of nitrogens with one attached hydrogen (secondary N) is 1. The number of thiazole rings is 1. The molecule has 0 aliphatic carbocycles. The zero-order chi connectivity index (χ0) is 14.5. The molecule has 9 heteroatoms. The van der Waals surface area contributed by atoms with E-state index in [-0.39, 0.29) is 11.7 Å². The standard InChI is InChI=1S/C10H12N2O5S2/c1-7(9(14)17-2)19(15,16)12-10-11-6-8(18-10)4-3-5-13/h6-7,13H,5H2,1-2H3,(H,11,12). The van der Waals surface area contributed by atoms with Crippen molar-refractivity contribution < 1.29 is 23.1 Å². The van der Waals surface area contributed by atoms with E-state index in [0.717, 1.165) is 18.4 Å². The van der Waals surface area contributed by atoms with Crippen molar-refractivity contribution in [2.45, 2.75) is 12.2 Å². The van der Waals surface area contributed by atoms with E-state index in [1.165, 1.54) is 13.1 Å². The number of carbonyl (C=O) groups is 1. The van der Waals surface area contributed by atoms with Gasteiger partial charge in [0.25, 0.3) is 0 Å². The number of carbonyl (C=O) groups excluding carboxylic acids is 1. The van der Waals surface area contributed by atoms with Crippen LogP contribution in [0.4, 0.5) is 5.13 Å². The first kappa shape index (κ1) is 15.4.